The quantitative estimate of drug-likeness (QED) is 0.280. The largest absolute Gasteiger partial charge is 0.496 e. The lowest BCUT2D eigenvalue weighted by atomic mass is 10.0. The average molecular weight is 502 g/mol. The first kappa shape index (κ1) is 18.7. The molecular formula is C21H14Br2N2O3. The summed E-state index contributed by atoms with van der Waals surface area (Å²) >= 11 is 6.86. The third-order valence-corrected chi connectivity index (χ3v) is 5.32. The number of ether oxygens (including phenoxy) is 1. The topological polar surface area (TPSA) is 63.8 Å². The minimum atomic E-state index is -0.435. The Morgan fingerprint density at radius 2 is 1.93 bits per heavy atom. The van der Waals surface area contributed by atoms with Gasteiger partial charge in [-0.2, -0.15) is 5.10 Å². The molecule has 0 unspecified atom stereocenters. The molecular weight excluding hydrogens is 488 g/mol. The van der Waals surface area contributed by atoms with Crippen LogP contribution in [-0.4, -0.2) is 19.2 Å². The minimum absolute atomic E-state index is 0.177. The standard InChI is InChI=1S/C21H14Br2N2O3/c1-27-18-7-6-12-4-2-3-5-15(12)16(18)11-24-25-21(26)19-9-13-8-14(22)10-17(23)20(13)28-19/h2-11H,1H3,(H,25,26)/b24-11+. The van der Waals surface area contributed by atoms with E-state index in [9.17, 15) is 4.79 Å². The van der Waals surface area contributed by atoms with Crippen LogP contribution in [0.15, 0.2) is 73.1 Å². The summed E-state index contributed by atoms with van der Waals surface area (Å²) < 4.78 is 12.7. The maximum Gasteiger partial charge on any atom is 0.307 e. The summed E-state index contributed by atoms with van der Waals surface area (Å²) in [5, 5.41) is 6.96. The second-order valence-electron chi connectivity index (χ2n) is 6.02. The number of hydrogen-bond donors (Lipinski definition) is 1. The number of halogens is 2. The Bertz CT molecular complexity index is 1230. The number of hydrazone groups is 1. The lowest BCUT2D eigenvalue weighted by Crippen LogP contribution is -2.16. The molecule has 0 saturated heterocycles. The van der Waals surface area contributed by atoms with Gasteiger partial charge in [0.2, 0.25) is 0 Å². The van der Waals surface area contributed by atoms with Crippen LogP contribution >= 0.6 is 31.9 Å². The Kier molecular flexibility index (Phi) is 5.19. The number of amides is 1. The molecule has 0 aliphatic heterocycles. The van der Waals surface area contributed by atoms with Gasteiger partial charge in [-0.3, -0.25) is 4.79 Å². The van der Waals surface area contributed by atoms with Crippen molar-refractivity contribution in [3.8, 4) is 5.75 Å². The lowest BCUT2D eigenvalue weighted by molar-refractivity contribution is 0.0929. The zero-order valence-corrected chi connectivity index (χ0v) is 17.9. The Morgan fingerprint density at radius 3 is 2.75 bits per heavy atom. The van der Waals surface area contributed by atoms with Gasteiger partial charge in [-0.15, -0.1) is 0 Å². The molecule has 140 valence electrons. The monoisotopic (exact) mass is 500 g/mol. The van der Waals surface area contributed by atoms with Gasteiger partial charge >= 0.3 is 5.91 Å². The number of furan rings is 1. The van der Waals surface area contributed by atoms with Crippen molar-refractivity contribution in [2.75, 3.05) is 7.11 Å². The fourth-order valence-corrected chi connectivity index (χ4v) is 4.32. The summed E-state index contributed by atoms with van der Waals surface area (Å²) in [5.74, 6) is 0.416. The van der Waals surface area contributed by atoms with E-state index in [1.165, 1.54) is 0 Å². The van der Waals surface area contributed by atoms with E-state index in [2.05, 4.69) is 42.4 Å². The third kappa shape index (κ3) is 3.55. The second kappa shape index (κ2) is 7.77. The highest BCUT2D eigenvalue weighted by molar-refractivity contribution is 9.11. The summed E-state index contributed by atoms with van der Waals surface area (Å²) in [5.41, 5.74) is 3.91. The van der Waals surface area contributed by atoms with Crippen LogP contribution in [0.5, 0.6) is 5.75 Å². The predicted molar refractivity (Wildman–Crippen MR) is 117 cm³/mol. The molecule has 0 bridgehead atoms. The maximum absolute atomic E-state index is 12.4. The first-order chi connectivity index (χ1) is 13.6. The SMILES string of the molecule is COc1ccc2ccccc2c1/C=N/NC(=O)c1cc2cc(Br)cc(Br)c2o1. The van der Waals surface area contributed by atoms with Crippen molar-refractivity contribution in [2.45, 2.75) is 0 Å². The van der Waals surface area contributed by atoms with Gasteiger partial charge in [0, 0.05) is 15.4 Å². The first-order valence-corrected chi connectivity index (χ1v) is 9.93. The molecule has 1 heterocycles. The molecule has 0 fully saturated rings. The molecule has 3 aromatic carbocycles. The van der Waals surface area contributed by atoms with Crippen LogP contribution in [0.3, 0.4) is 0 Å². The van der Waals surface area contributed by atoms with Crippen molar-refractivity contribution in [1.29, 1.82) is 0 Å². The summed E-state index contributed by atoms with van der Waals surface area (Å²) in [7, 11) is 1.60. The van der Waals surface area contributed by atoms with Gasteiger partial charge in [0.05, 0.1) is 17.8 Å². The van der Waals surface area contributed by atoms with Crippen molar-refractivity contribution in [3.63, 3.8) is 0 Å². The van der Waals surface area contributed by atoms with Crippen molar-refractivity contribution >= 4 is 65.7 Å². The number of nitrogens with zero attached hydrogens (tertiary/aromatic N) is 1. The molecule has 1 amide bonds. The van der Waals surface area contributed by atoms with Gasteiger partial charge < -0.3 is 9.15 Å². The van der Waals surface area contributed by atoms with E-state index in [1.807, 2.05) is 48.5 Å². The van der Waals surface area contributed by atoms with Gasteiger partial charge in [0.15, 0.2) is 5.76 Å². The molecule has 1 aromatic heterocycles. The molecule has 0 radical (unpaired) electrons. The summed E-state index contributed by atoms with van der Waals surface area (Å²) in [4.78, 5) is 12.4. The maximum atomic E-state index is 12.4. The molecule has 7 heteroatoms. The molecule has 28 heavy (non-hydrogen) atoms. The Balaban J connectivity index is 1.61. The van der Waals surface area contributed by atoms with Crippen molar-refractivity contribution in [3.05, 3.63) is 74.9 Å². The Morgan fingerprint density at radius 1 is 1.11 bits per heavy atom. The number of methoxy groups -OCH3 is 1. The zero-order valence-electron chi connectivity index (χ0n) is 14.7. The molecule has 0 aliphatic carbocycles. The Labute approximate surface area is 177 Å². The molecule has 4 rings (SSSR count). The van der Waals surface area contributed by atoms with Crippen LogP contribution in [-0.2, 0) is 0 Å². The van der Waals surface area contributed by atoms with Crippen molar-refractivity contribution < 1.29 is 13.9 Å². The van der Waals surface area contributed by atoms with E-state index in [4.69, 9.17) is 9.15 Å². The molecule has 4 aromatic rings. The van der Waals surface area contributed by atoms with E-state index in [1.54, 1.807) is 19.4 Å². The molecule has 5 nitrogen and oxygen atoms in total. The highest BCUT2D eigenvalue weighted by atomic mass is 79.9. The third-order valence-electron chi connectivity index (χ3n) is 4.27. The second-order valence-corrected chi connectivity index (χ2v) is 7.79. The molecule has 1 N–H and O–H groups in total. The van der Waals surface area contributed by atoms with E-state index in [-0.39, 0.29) is 5.76 Å². The fourth-order valence-electron chi connectivity index (χ4n) is 2.99. The summed E-state index contributed by atoms with van der Waals surface area (Å²) in [6.45, 7) is 0. The van der Waals surface area contributed by atoms with Crippen LogP contribution in [0.4, 0.5) is 0 Å². The summed E-state index contributed by atoms with van der Waals surface area (Å²) in [6, 6.07) is 17.2. The van der Waals surface area contributed by atoms with Crippen molar-refractivity contribution in [1.82, 2.24) is 5.43 Å². The molecule has 0 saturated carbocycles. The Hall–Kier alpha value is -2.64. The van der Waals surface area contributed by atoms with E-state index < -0.39 is 5.91 Å². The van der Waals surface area contributed by atoms with Gasteiger partial charge in [-0.25, -0.2) is 5.43 Å². The number of nitrogens with one attached hydrogen (secondary N) is 1. The number of carbonyl (C=O) groups is 1. The molecule has 0 spiro atoms. The smallest absolute Gasteiger partial charge is 0.307 e. The predicted octanol–water partition coefficient (Wildman–Crippen LogP) is 5.88. The van der Waals surface area contributed by atoms with Gasteiger partial charge in [-0.1, -0.05) is 46.3 Å². The van der Waals surface area contributed by atoms with Crippen LogP contribution in [0, 0.1) is 0 Å². The molecule has 0 aliphatic rings. The molecule has 0 atom stereocenters. The first-order valence-electron chi connectivity index (χ1n) is 8.34. The van der Waals surface area contributed by atoms with E-state index in [0.717, 1.165) is 30.7 Å². The fraction of sp³-hybridized carbons (Fsp3) is 0.0476. The normalized spacial score (nSPS) is 11.4. The van der Waals surface area contributed by atoms with Gasteiger partial charge in [-0.05, 0) is 51.0 Å². The van der Waals surface area contributed by atoms with E-state index >= 15 is 0 Å². The number of rotatable bonds is 4. The number of hydrogen-bond acceptors (Lipinski definition) is 4. The van der Waals surface area contributed by atoms with Gasteiger partial charge in [0.1, 0.15) is 11.3 Å². The number of fused-ring (bicyclic) bond motifs is 2. The lowest BCUT2D eigenvalue weighted by Gasteiger charge is -2.08. The van der Waals surface area contributed by atoms with Crippen LogP contribution < -0.4 is 10.2 Å². The summed E-state index contributed by atoms with van der Waals surface area (Å²) in [6.07, 6.45) is 1.58. The number of benzene rings is 3. The zero-order chi connectivity index (χ0) is 19.7. The van der Waals surface area contributed by atoms with Crippen molar-refractivity contribution in [2.24, 2.45) is 5.10 Å². The van der Waals surface area contributed by atoms with Crippen LogP contribution in [0.25, 0.3) is 21.7 Å². The minimum Gasteiger partial charge on any atom is -0.496 e. The number of carbonyl (C=O) groups excluding carboxylic acids is 1. The highest BCUT2D eigenvalue weighted by Crippen LogP contribution is 2.31. The highest BCUT2D eigenvalue weighted by Gasteiger charge is 2.14. The van der Waals surface area contributed by atoms with E-state index in [0.29, 0.717) is 11.3 Å². The average Bonchev–Trinajstić information content (AvgIpc) is 3.12. The van der Waals surface area contributed by atoms with Gasteiger partial charge in [0.25, 0.3) is 0 Å². The van der Waals surface area contributed by atoms with Crippen LogP contribution in [0.2, 0.25) is 0 Å². The van der Waals surface area contributed by atoms with Crippen LogP contribution in [0.1, 0.15) is 16.1 Å².